The summed E-state index contributed by atoms with van der Waals surface area (Å²) < 4.78 is 0. The number of aryl methyl sites for hydroxylation is 1. The number of unbranched alkanes of at least 4 members (excludes halogenated alkanes) is 1. The lowest BCUT2D eigenvalue weighted by molar-refractivity contribution is -0.116. The highest BCUT2D eigenvalue weighted by Gasteiger charge is 2.03. The zero-order valence-corrected chi connectivity index (χ0v) is 11.0. The Morgan fingerprint density at radius 1 is 1.22 bits per heavy atom. The third-order valence-corrected chi connectivity index (χ3v) is 3.33. The molecule has 1 amide bonds. The molecule has 0 aliphatic carbocycles. The minimum absolute atomic E-state index is 0.0537. The van der Waals surface area contributed by atoms with E-state index in [2.05, 4.69) is 22.4 Å². The lowest BCUT2D eigenvalue weighted by Crippen LogP contribution is -2.10. The van der Waals surface area contributed by atoms with E-state index < -0.39 is 0 Å². The van der Waals surface area contributed by atoms with Gasteiger partial charge < -0.3 is 5.32 Å². The molecule has 4 heteroatoms. The van der Waals surface area contributed by atoms with E-state index in [1.165, 1.54) is 16.9 Å². The zero-order chi connectivity index (χ0) is 12.6. The molecule has 0 aliphatic heterocycles. The Labute approximate surface area is 111 Å². The van der Waals surface area contributed by atoms with Gasteiger partial charge in [0.1, 0.15) is 0 Å². The molecule has 18 heavy (non-hydrogen) atoms. The minimum atomic E-state index is 0.0537. The van der Waals surface area contributed by atoms with Gasteiger partial charge in [0.2, 0.25) is 5.91 Å². The van der Waals surface area contributed by atoms with E-state index in [-0.39, 0.29) is 5.91 Å². The number of hydrogen-bond donors (Lipinski definition) is 1. The maximum absolute atomic E-state index is 11.6. The molecule has 0 fully saturated rings. The Hall–Kier alpha value is -1.68. The van der Waals surface area contributed by atoms with Gasteiger partial charge in [0, 0.05) is 18.0 Å². The Morgan fingerprint density at radius 3 is 2.78 bits per heavy atom. The molecule has 0 saturated heterocycles. The standard InChI is InChI=1S/C14H16N2OS/c17-13(16-14-15-10-11-18-14)9-5-4-8-12-6-2-1-3-7-12/h1-3,6-7,10-11H,4-5,8-9H2,(H,15,16,17). The van der Waals surface area contributed by atoms with Crippen molar-refractivity contribution in [3.63, 3.8) is 0 Å². The number of thiazole rings is 1. The molecular weight excluding hydrogens is 244 g/mol. The molecule has 0 saturated carbocycles. The second kappa shape index (κ2) is 6.91. The Bertz CT molecular complexity index is 468. The zero-order valence-electron chi connectivity index (χ0n) is 10.1. The maximum Gasteiger partial charge on any atom is 0.226 e. The van der Waals surface area contributed by atoms with Crippen LogP contribution >= 0.6 is 11.3 Å². The molecule has 3 nitrogen and oxygen atoms in total. The molecule has 2 rings (SSSR count). The van der Waals surface area contributed by atoms with Crippen LogP contribution in [0, 0.1) is 0 Å². The number of rotatable bonds is 6. The van der Waals surface area contributed by atoms with E-state index in [4.69, 9.17) is 0 Å². The molecule has 0 radical (unpaired) electrons. The van der Waals surface area contributed by atoms with Crippen LogP contribution in [0.5, 0.6) is 0 Å². The Balaban J connectivity index is 1.62. The largest absolute Gasteiger partial charge is 0.302 e. The van der Waals surface area contributed by atoms with E-state index in [0.29, 0.717) is 11.6 Å². The van der Waals surface area contributed by atoms with Crippen LogP contribution in [0.2, 0.25) is 0 Å². The van der Waals surface area contributed by atoms with E-state index in [0.717, 1.165) is 19.3 Å². The third kappa shape index (κ3) is 4.30. The van der Waals surface area contributed by atoms with Crippen molar-refractivity contribution in [1.82, 2.24) is 4.98 Å². The van der Waals surface area contributed by atoms with E-state index in [9.17, 15) is 4.79 Å². The number of carbonyl (C=O) groups is 1. The van der Waals surface area contributed by atoms with Crippen LogP contribution in [0.3, 0.4) is 0 Å². The van der Waals surface area contributed by atoms with Crippen LogP contribution in [0.15, 0.2) is 41.9 Å². The maximum atomic E-state index is 11.6. The first-order valence-electron chi connectivity index (χ1n) is 6.08. The number of anilines is 1. The quantitative estimate of drug-likeness (QED) is 0.808. The first kappa shape index (κ1) is 12.8. The monoisotopic (exact) mass is 260 g/mol. The molecule has 1 heterocycles. The number of carbonyl (C=O) groups excluding carboxylic acids is 1. The van der Waals surface area contributed by atoms with Crippen molar-refractivity contribution >= 4 is 22.4 Å². The second-order valence-corrected chi connectivity index (χ2v) is 4.97. The average Bonchev–Trinajstić information content (AvgIpc) is 2.89. The number of amides is 1. The van der Waals surface area contributed by atoms with Crippen molar-refractivity contribution in [1.29, 1.82) is 0 Å². The lowest BCUT2D eigenvalue weighted by atomic mass is 10.1. The van der Waals surface area contributed by atoms with Gasteiger partial charge >= 0.3 is 0 Å². The Kier molecular flexibility index (Phi) is 4.90. The normalized spacial score (nSPS) is 10.2. The molecule has 0 aliphatic rings. The molecular formula is C14H16N2OS. The highest BCUT2D eigenvalue weighted by atomic mass is 32.1. The van der Waals surface area contributed by atoms with Gasteiger partial charge in [-0.05, 0) is 24.8 Å². The smallest absolute Gasteiger partial charge is 0.226 e. The summed E-state index contributed by atoms with van der Waals surface area (Å²) in [5.74, 6) is 0.0537. The van der Waals surface area contributed by atoms with Gasteiger partial charge in [-0.3, -0.25) is 4.79 Å². The fourth-order valence-electron chi connectivity index (χ4n) is 1.73. The van der Waals surface area contributed by atoms with Crippen LogP contribution in [0.1, 0.15) is 24.8 Å². The first-order chi connectivity index (χ1) is 8.84. The van der Waals surface area contributed by atoms with E-state index >= 15 is 0 Å². The summed E-state index contributed by atoms with van der Waals surface area (Å²) in [6.45, 7) is 0. The van der Waals surface area contributed by atoms with Crippen molar-refractivity contribution in [2.24, 2.45) is 0 Å². The average molecular weight is 260 g/mol. The van der Waals surface area contributed by atoms with Crippen molar-refractivity contribution in [3.8, 4) is 0 Å². The van der Waals surface area contributed by atoms with Crippen LogP contribution in [0.25, 0.3) is 0 Å². The second-order valence-electron chi connectivity index (χ2n) is 4.08. The SMILES string of the molecule is O=C(CCCCc1ccccc1)Nc1nccs1. The van der Waals surface area contributed by atoms with Crippen molar-refractivity contribution < 1.29 is 4.79 Å². The molecule has 2 aromatic rings. The molecule has 1 aromatic carbocycles. The summed E-state index contributed by atoms with van der Waals surface area (Å²) in [7, 11) is 0. The molecule has 0 atom stereocenters. The predicted molar refractivity (Wildman–Crippen MR) is 74.7 cm³/mol. The topological polar surface area (TPSA) is 42.0 Å². The third-order valence-electron chi connectivity index (χ3n) is 2.64. The summed E-state index contributed by atoms with van der Waals surface area (Å²) in [4.78, 5) is 15.6. The van der Waals surface area contributed by atoms with Gasteiger partial charge in [-0.1, -0.05) is 30.3 Å². The molecule has 0 spiro atoms. The summed E-state index contributed by atoms with van der Waals surface area (Å²) in [5, 5.41) is 5.32. The molecule has 0 unspecified atom stereocenters. The van der Waals surface area contributed by atoms with E-state index in [1.807, 2.05) is 23.6 Å². The fraction of sp³-hybridized carbons (Fsp3) is 0.286. The van der Waals surface area contributed by atoms with Crippen LogP contribution in [-0.4, -0.2) is 10.9 Å². The van der Waals surface area contributed by atoms with Crippen LogP contribution in [-0.2, 0) is 11.2 Å². The van der Waals surface area contributed by atoms with Gasteiger partial charge in [-0.15, -0.1) is 11.3 Å². The predicted octanol–water partition coefficient (Wildman–Crippen LogP) is 3.49. The molecule has 1 aromatic heterocycles. The summed E-state index contributed by atoms with van der Waals surface area (Å²) in [6, 6.07) is 10.4. The highest BCUT2D eigenvalue weighted by Crippen LogP contribution is 2.12. The van der Waals surface area contributed by atoms with Crippen molar-refractivity contribution in [2.45, 2.75) is 25.7 Å². The molecule has 1 N–H and O–H groups in total. The summed E-state index contributed by atoms with van der Waals surface area (Å²) in [6.07, 6.45) is 5.23. The highest BCUT2D eigenvalue weighted by molar-refractivity contribution is 7.13. The van der Waals surface area contributed by atoms with Gasteiger partial charge in [0.15, 0.2) is 5.13 Å². The van der Waals surface area contributed by atoms with Crippen LogP contribution < -0.4 is 5.32 Å². The first-order valence-corrected chi connectivity index (χ1v) is 6.96. The van der Waals surface area contributed by atoms with Gasteiger partial charge in [0.05, 0.1) is 0 Å². The van der Waals surface area contributed by atoms with Gasteiger partial charge in [-0.2, -0.15) is 0 Å². The van der Waals surface area contributed by atoms with E-state index in [1.54, 1.807) is 6.20 Å². The number of nitrogens with one attached hydrogen (secondary N) is 1. The number of hydrogen-bond acceptors (Lipinski definition) is 3. The van der Waals surface area contributed by atoms with Gasteiger partial charge in [0.25, 0.3) is 0 Å². The number of benzene rings is 1. The molecule has 94 valence electrons. The Morgan fingerprint density at radius 2 is 2.06 bits per heavy atom. The van der Waals surface area contributed by atoms with Crippen LogP contribution in [0.4, 0.5) is 5.13 Å². The number of aromatic nitrogens is 1. The summed E-state index contributed by atoms with van der Waals surface area (Å²) >= 11 is 1.44. The fourth-order valence-corrected chi connectivity index (χ4v) is 2.27. The molecule has 0 bridgehead atoms. The lowest BCUT2D eigenvalue weighted by Gasteiger charge is -2.02. The van der Waals surface area contributed by atoms with Crippen molar-refractivity contribution in [2.75, 3.05) is 5.32 Å². The number of nitrogens with zero attached hydrogens (tertiary/aromatic N) is 1. The minimum Gasteiger partial charge on any atom is -0.302 e. The van der Waals surface area contributed by atoms with Gasteiger partial charge in [-0.25, -0.2) is 4.98 Å². The summed E-state index contributed by atoms with van der Waals surface area (Å²) in [5.41, 5.74) is 1.33. The van der Waals surface area contributed by atoms with Crippen molar-refractivity contribution in [3.05, 3.63) is 47.5 Å².